The topological polar surface area (TPSA) is 40.5 Å². The second-order valence-electron chi connectivity index (χ2n) is 4.97. The van der Waals surface area contributed by atoms with Gasteiger partial charge in [-0.05, 0) is 37.5 Å². The molecule has 0 spiro atoms. The maximum absolute atomic E-state index is 9.43. The van der Waals surface area contributed by atoms with Gasteiger partial charge in [-0.3, -0.25) is 0 Å². The summed E-state index contributed by atoms with van der Waals surface area (Å²) < 4.78 is 0. The van der Waals surface area contributed by atoms with Crippen molar-refractivity contribution in [3.8, 4) is 0 Å². The zero-order valence-electron chi connectivity index (χ0n) is 9.99. The number of aliphatic hydroxyl groups is 2. The second-order valence-corrected chi connectivity index (χ2v) is 4.97. The van der Waals surface area contributed by atoms with Gasteiger partial charge in [0.05, 0.1) is 6.10 Å². The third kappa shape index (κ3) is 4.12. The molecule has 15 heavy (non-hydrogen) atoms. The van der Waals surface area contributed by atoms with Crippen LogP contribution in [0.1, 0.15) is 57.8 Å². The smallest absolute Gasteiger partial charge is 0.0540 e. The molecule has 2 aliphatic rings. The van der Waals surface area contributed by atoms with E-state index >= 15 is 0 Å². The minimum absolute atomic E-state index is 0.0276. The van der Waals surface area contributed by atoms with Gasteiger partial charge in [-0.15, -0.1) is 0 Å². The van der Waals surface area contributed by atoms with Gasteiger partial charge in [-0.1, -0.05) is 32.1 Å². The van der Waals surface area contributed by atoms with Crippen molar-refractivity contribution >= 4 is 0 Å². The van der Waals surface area contributed by atoms with Gasteiger partial charge in [0.25, 0.3) is 0 Å². The first-order chi connectivity index (χ1) is 7.36. The third-order valence-electron chi connectivity index (χ3n) is 4.06. The quantitative estimate of drug-likeness (QED) is 0.704. The summed E-state index contributed by atoms with van der Waals surface area (Å²) in [6.45, 7) is 0. The van der Waals surface area contributed by atoms with Gasteiger partial charge in [0.1, 0.15) is 0 Å². The van der Waals surface area contributed by atoms with Crippen LogP contribution in [0.3, 0.4) is 0 Å². The van der Waals surface area contributed by atoms with Crippen molar-refractivity contribution in [3.63, 3.8) is 0 Å². The largest absolute Gasteiger partial charge is 0.400 e. The van der Waals surface area contributed by atoms with E-state index in [0.29, 0.717) is 0 Å². The first-order valence-corrected chi connectivity index (χ1v) is 6.49. The maximum atomic E-state index is 9.43. The number of hydrogen-bond acceptors (Lipinski definition) is 2. The Hall–Kier alpha value is -0.0800. The van der Waals surface area contributed by atoms with E-state index in [1.807, 2.05) is 0 Å². The Morgan fingerprint density at radius 1 is 0.667 bits per heavy atom. The predicted octanol–water partition coefficient (Wildman–Crippen LogP) is 2.73. The average molecular weight is 214 g/mol. The molecule has 2 nitrogen and oxygen atoms in total. The van der Waals surface area contributed by atoms with Crippen LogP contribution in [-0.2, 0) is 0 Å². The van der Waals surface area contributed by atoms with Crippen LogP contribution in [0.4, 0.5) is 0 Å². The average Bonchev–Trinajstić information content (AvgIpc) is 2.34. The van der Waals surface area contributed by atoms with Gasteiger partial charge in [-0.2, -0.15) is 0 Å². The summed E-state index contributed by atoms with van der Waals surface area (Å²) >= 11 is 0. The first-order valence-electron chi connectivity index (χ1n) is 6.49. The molecule has 0 aromatic carbocycles. The SMILES string of the molecule is CO.OC1CCC(C2CCCCC2)CC1. The first kappa shape index (κ1) is 13.0. The second kappa shape index (κ2) is 7.24. The van der Waals surface area contributed by atoms with Crippen LogP contribution in [-0.4, -0.2) is 23.4 Å². The summed E-state index contributed by atoms with van der Waals surface area (Å²) in [6.07, 6.45) is 12.1. The van der Waals surface area contributed by atoms with Crippen molar-refractivity contribution in [1.29, 1.82) is 0 Å². The summed E-state index contributed by atoms with van der Waals surface area (Å²) in [4.78, 5) is 0. The van der Waals surface area contributed by atoms with Crippen molar-refractivity contribution < 1.29 is 10.2 Å². The van der Waals surface area contributed by atoms with Crippen molar-refractivity contribution in [2.75, 3.05) is 7.11 Å². The van der Waals surface area contributed by atoms with Gasteiger partial charge >= 0.3 is 0 Å². The van der Waals surface area contributed by atoms with Crippen LogP contribution in [0.25, 0.3) is 0 Å². The zero-order chi connectivity index (χ0) is 11.1. The number of hydrogen-bond donors (Lipinski definition) is 2. The zero-order valence-corrected chi connectivity index (χ0v) is 9.99. The van der Waals surface area contributed by atoms with Crippen LogP contribution >= 0.6 is 0 Å². The highest BCUT2D eigenvalue weighted by Gasteiger charge is 2.27. The minimum Gasteiger partial charge on any atom is -0.400 e. The molecule has 0 bridgehead atoms. The number of aliphatic hydroxyl groups excluding tert-OH is 2. The van der Waals surface area contributed by atoms with Crippen LogP contribution in [0, 0.1) is 11.8 Å². The van der Waals surface area contributed by atoms with Crippen LogP contribution in [0.15, 0.2) is 0 Å². The number of rotatable bonds is 1. The molecule has 0 amide bonds. The highest BCUT2D eigenvalue weighted by molar-refractivity contribution is 4.79. The van der Waals surface area contributed by atoms with E-state index in [9.17, 15) is 5.11 Å². The molecule has 0 aliphatic heterocycles. The molecule has 0 unspecified atom stereocenters. The lowest BCUT2D eigenvalue weighted by molar-refractivity contribution is 0.0822. The fraction of sp³-hybridized carbons (Fsp3) is 1.00. The molecule has 2 rings (SSSR count). The fourth-order valence-corrected chi connectivity index (χ4v) is 3.18. The maximum Gasteiger partial charge on any atom is 0.0540 e. The Balaban J connectivity index is 0.000000531. The van der Waals surface area contributed by atoms with Gasteiger partial charge in [0.15, 0.2) is 0 Å². The molecule has 0 radical (unpaired) electrons. The Bertz CT molecular complexity index is 145. The molecular weight excluding hydrogens is 188 g/mol. The van der Waals surface area contributed by atoms with E-state index < -0.39 is 0 Å². The lowest BCUT2D eigenvalue weighted by Crippen LogP contribution is -2.25. The molecule has 90 valence electrons. The molecule has 0 aromatic heterocycles. The molecule has 2 aliphatic carbocycles. The minimum atomic E-state index is 0.0276. The standard InChI is InChI=1S/C12H22O.CH4O/c13-12-8-6-11(7-9-12)10-4-2-1-3-5-10;1-2/h10-13H,1-9H2;2H,1H3. The summed E-state index contributed by atoms with van der Waals surface area (Å²) in [5.74, 6) is 1.98. The van der Waals surface area contributed by atoms with Gasteiger partial charge in [-0.25, -0.2) is 0 Å². The van der Waals surface area contributed by atoms with Crippen molar-refractivity contribution in [2.45, 2.75) is 63.9 Å². The monoisotopic (exact) mass is 214 g/mol. The third-order valence-corrected chi connectivity index (χ3v) is 4.06. The highest BCUT2D eigenvalue weighted by Crippen LogP contribution is 2.38. The van der Waals surface area contributed by atoms with Gasteiger partial charge < -0.3 is 10.2 Å². The van der Waals surface area contributed by atoms with Crippen molar-refractivity contribution in [2.24, 2.45) is 11.8 Å². The Labute approximate surface area is 93.7 Å². The van der Waals surface area contributed by atoms with Crippen molar-refractivity contribution in [1.82, 2.24) is 0 Å². The van der Waals surface area contributed by atoms with E-state index in [0.717, 1.165) is 31.8 Å². The van der Waals surface area contributed by atoms with Gasteiger partial charge in [0.2, 0.25) is 0 Å². The summed E-state index contributed by atoms with van der Waals surface area (Å²) in [7, 11) is 1.00. The Morgan fingerprint density at radius 2 is 1.13 bits per heavy atom. The summed E-state index contributed by atoms with van der Waals surface area (Å²) in [5, 5.41) is 16.4. The van der Waals surface area contributed by atoms with E-state index in [1.165, 1.54) is 44.9 Å². The molecule has 2 saturated carbocycles. The fourth-order valence-electron chi connectivity index (χ4n) is 3.18. The molecule has 0 heterocycles. The van der Waals surface area contributed by atoms with Crippen LogP contribution in [0.2, 0.25) is 0 Å². The summed E-state index contributed by atoms with van der Waals surface area (Å²) in [6, 6.07) is 0. The molecule has 2 heteroatoms. The molecular formula is C13H26O2. The normalized spacial score (nSPS) is 33.0. The molecule has 0 atom stereocenters. The molecule has 2 fully saturated rings. The Kier molecular flexibility index (Phi) is 6.26. The molecule has 0 saturated heterocycles. The molecule has 0 aromatic rings. The molecule has 2 N–H and O–H groups in total. The summed E-state index contributed by atoms with van der Waals surface area (Å²) in [5.41, 5.74) is 0. The Morgan fingerprint density at radius 3 is 1.67 bits per heavy atom. The highest BCUT2D eigenvalue weighted by atomic mass is 16.3. The van der Waals surface area contributed by atoms with E-state index in [2.05, 4.69) is 0 Å². The van der Waals surface area contributed by atoms with Crippen LogP contribution < -0.4 is 0 Å². The predicted molar refractivity (Wildman–Crippen MR) is 62.7 cm³/mol. The van der Waals surface area contributed by atoms with E-state index in [-0.39, 0.29) is 6.10 Å². The lowest BCUT2D eigenvalue weighted by Gasteiger charge is -2.34. The van der Waals surface area contributed by atoms with Gasteiger partial charge in [0, 0.05) is 7.11 Å². The lowest BCUT2D eigenvalue weighted by atomic mass is 9.73. The van der Waals surface area contributed by atoms with E-state index in [1.54, 1.807) is 0 Å². The van der Waals surface area contributed by atoms with E-state index in [4.69, 9.17) is 5.11 Å². The van der Waals surface area contributed by atoms with Crippen molar-refractivity contribution in [3.05, 3.63) is 0 Å². The van der Waals surface area contributed by atoms with Crippen LogP contribution in [0.5, 0.6) is 0 Å².